The molecule has 0 saturated heterocycles. The zero-order valence-electron chi connectivity index (χ0n) is 11.5. The van der Waals surface area contributed by atoms with E-state index in [0.717, 1.165) is 8.95 Å². The van der Waals surface area contributed by atoms with Crippen molar-refractivity contribution in [1.29, 1.82) is 0 Å². The van der Waals surface area contributed by atoms with Crippen molar-refractivity contribution >= 4 is 49.4 Å². The molecule has 0 aliphatic carbocycles. The highest BCUT2D eigenvalue weighted by molar-refractivity contribution is 9.11. The Hall–Kier alpha value is -1.86. The molecule has 0 aliphatic rings. The highest BCUT2D eigenvalue weighted by Gasteiger charge is 2.10. The molecule has 2 rings (SSSR count). The Morgan fingerprint density at radius 1 is 0.955 bits per heavy atom. The van der Waals surface area contributed by atoms with Crippen molar-refractivity contribution in [2.75, 3.05) is 12.5 Å². The molecule has 0 radical (unpaired) electrons. The van der Waals surface area contributed by atoms with Gasteiger partial charge in [-0.25, -0.2) is 4.79 Å². The van der Waals surface area contributed by atoms with E-state index < -0.39 is 5.97 Å². The zero-order valence-corrected chi connectivity index (χ0v) is 14.7. The highest BCUT2D eigenvalue weighted by atomic mass is 79.9. The fraction of sp³-hybridized carbons (Fsp3) is 0.0667. The molecule has 0 bridgehead atoms. The second-order valence-electron chi connectivity index (χ2n) is 4.24. The molecular weight excluding hydrogens is 416 g/mol. The van der Waals surface area contributed by atoms with Crippen LogP contribution in [0.3, 0.4) is 0 Å². The van der Waals surface area contributed by atoms with Gasteiger partial charge in [-0.1, -0.05) is 6.07 Å². The molecule has 2 N–H and O–H groups in total. The van der Waals surface area contributed by atoms with Crippen LogP contribution in [0.15, 0.2) is 51.4 Å². The van der Waals surface area contributed by atoms with Gasteiger partial charge in [0.2, 0.25) is 0 Å². The van der Waals surface area contributed by atoms with Gasteiger partial charge in [0.05, 0.1) is 18.4 Å². The van der Waals surface area contributed by atoms with Gasteiger partial charge >= 0.3 is 5.97 Å². The van der Waals surface area contributed by atoms with Crippen molar-refractivity contribution in [2.45, 2.75) is 0 Å². The number of hydrogen-bond acceptors (Lipinski definition) is 4. The lowest BCUT2D eigenvalue weighted by Crippen LogP contribution is -2.29. The Bertz CT molecular complexity index is 682. The van der Waals surface area contributed by atoms with Crippen LogP contribution in [0.25, 0.3) is 0 Å². The normalized spacial score (nSPS) is 9.95. The first kappa shape index (κ1) is 16.5. The van der Waals surface area contributed by atoms with E-state index in [1.807, 2.05) is 18.2 Å². The third-order valence-electron chi connectivity index (χ3n) is 2.83. The molecule has 22 heavy (non-hydrogen) atoms. The molecule has 5 nitrogen and oxygen atoms in total. The summed E-state index contributed by atoms with van der Waals surface area (Å²) in [6.07, 6.45) is 0. The minimum absolute atomic E-state index is 0.320. The fourth-order valence-electron chi connectivity index (χ4n) is 1.68. The number of nitrogens with one attached hydrogen (secondary N) is 2. The SMILES string of the molecule is COC(=O)c1ccc(C(=O)NNc2c(Br)cccc2Br)cc1. The van der Waals surface area contributed by atoms with Crippen LogP contribution in [-0.4, -0.2) is 19.0 Å². The van der Waals surface area contributed by atoms with Gasteiger partial charge in [-0.3, -0.25) is 15.6 Å². The van der Waals surface area contributed by atoms with E-state index in [1.165, 1.54) is 19.2 Å². The van der Waals surface area contributed by atoms with Gasteiger partial charge in [0.25, 0.3) is 5.91 Å². The molecule has 0 aliphatic heterocycles. The number of benzene rings is 2. The van der Waals surface area contributed by atoms with Gasteiger partial charge < -0.3 is 4.74 Å². The van der Waals surface area contributed by atoms with Gasteiger partial charge in [0, 0.05) is 14.5 Å². The summed E-state index contributed by atoms with van der Waals surface area (Å²) >= 11 is 6.78. The molecule has 1 amide bonds. The number of para-hydroxylation sites is 1. The summed E-state index contributed by atoms with van der Waals surface area (Å²) in [6, 6.07) is 11.8. The van der Waals surface area contributed by atoms with Gasteiger partial charge in [0.15, 0.2) is 0 Å². The Kier molecular flexibility index (Phi) is 5.57. The standard InChI is InChI=1S/C15H12Br2N2O3/c1-22-15(21)10-7-5-9(6-8-10)14(20)19-18-13-11(16)3-2-4-12(13)17/h2-8,18H,1H3,(H,19,20). The molecule has 0 unspecified atom stereocenters. The Balaban J connectivity index is 2.05. The summed E-state index contributed by atoms with van der Waals surface area (Å²) in [7, 11) is 1.31. The van der Waals surface area contributed by atoms with Gasteiger partial charge in [-0.05, 0) is 68.3 Å². The first-order chi connectivity index (χ1) is 10.5. The van der Waals surface area contributed by atoms with Crippen LogP contribution in [-0.2, 0) is 4.74 Å². The molecule has 0 aromatic heterocycles. The summed E-state index contributed by atoms with van der Waals surface area (Å²) in [5, 5.41) is 0. The van der Waals surface area contributed by atoms with Crippen LogP contribution < -0.4 is 10.9 Å². The van der Waals surface area contributed by atoms with E-state index in [-0.39, 0.29) is 5.91 Å². The van der Waals surface area contributed by atoms with Crippen molar-refractivity contribution in [3.05, 3.63) is 62.5 Å². The lowest BCUT2D eigenvalue weighted by molar-refractivity contribution is 0.0600. The zero-order chi connectivity index (χ0) is 16.1. The molecule has 114 valence electrons. The number of halogens is 2. The lowest BCUT2D eigenvalue weighted by atomic mass is 10.1. The van der Waals surface area contributed by atoms with Crippen LogP contribution in [0.5, 0.6) is 0 Å². The van der Waals surface area contributed by atoms with Crippen LogP contribution in [0.1, 0.15) is 20.7 Å². The number of amides is 1. The number of methoxy groups -OCH3 is 1. The van der Waals surface area contributed by atoms with Crippen molar-refractivity contribution in [1.82, 2.24) is 5.43 Å². The van der Waals surface area contributed by atoms with E-state index in [1.54, 1.807) is 12.1 Å². The van der Waals surface area contributed by atoms with Crippen LogP contribution >= 0.6 is 31.9 Å². The topological polar surface area (TPSA) is 67.4 Å². The maximum Gasteiger partial charge on any atom is 0.337 e. The minimum atomic E-state index is -0.442. The summed E-state index contributed by atoms with van der Waals surface area (Å²) in [6.45, 7) is 0. The fourth-order valence-corrected chi connectivity index (χ4v) is 2.88. The summed E-state index contributed by atoms with van der Waals surface area (Å²) < 4.78 is 6.22. The monoisotopic (exact) mass is 426 g/mol. The third kappa shape index (κ3) is 3.86. The Morgan fingerprint density at radius 3 is 2.05 bits per heavy atom. The van der Waals surface area contributed by atoms with Gasteiger partial charge in [-0.2, -0.15) is 0 Å². The number of carbonyl (C=O) groups excluding carboxylic acids is 2. The molecule has 0 atom stereocenters. The van der Waals surface area contributed by atoms with Gasteiger partial charge in [0.1, 0.15) is 0 Å². The average molecular weight is 428 g/mol. The van der Waals surface area contributed by atoms with E-state index >= 15 is 0 Å². The van der Waals surface area contributed by atoms with Crippen LogP contribution in [0, 0.1) is 0 Å². The smallest absolute Gasteiger partial charge is 0.337 e. The van der Waals surface area contributed by atoms with Crippen molar-refractivity contribution in [3.63, 3.8) is 0 Å². The Morgan fingerprint density at radius 2 is 1.50 bits per heavy atom. The second-order valence-corrected chi connectivity index (χ2v) is 5.95. The number of rotatable bonds is 4. The molecule has 7 heteroatoms. The average Bonchev–Trinajstić information content (AvgIpc) is 2.53. The molecule has 0 fully saturated rings. The third-order valence-corrected chi connectivity index (χ3v) is 4.15. The van der Waals surface area contributed by atoms with Crippen LogP contribution in [0.2, 0.25) is 0 Å². The number of hydrazine groups is 1. The number of esters is 1. The van der Waals surface area contributed by atoms with E-state index in [4.69, 9.17) is 0 Å². The maximum atomic E-state index is 12.1. The van der Waals surface area contributed by atoms with Crippen LogP contribution in [0.4, 0.5) is 5.69 Å². The number of carbonyl (C=O) groups is 2. The molecule has 0 spiro atoms. The van der Waals surface area contributed by atoms with E-state index in [2.05, 4.69) is 47.4 Å². The number of anilines is 1. The Labute approximate surface area is 144 Å². The molecule has 0 saturated carbocycles. The predicted octanol–water partition coefficient (Wildman–Crippen LogP) is 3.76. The second kappa shape index (κ2) is 7.42. The number of hydrogen-bond donors (Lipinski definition) is 2. The molecule has 2 aromatic rings. The molecule has 2 aromatic carbocycles. The summed E-state index contributed by atoms with van der Waals surface area (Å²) in [5.74, 6) is -0.763. The molecule has 0 heterocycles. The number of ether oxygens (including phenoxy) is 1. The quantitative estimate of drug-likeness (QED) is 0.575. The van der Waals surface area contributed by atoms with Gasteiger partial charge in [-0.15, -0.1) is 0 Å². The highest BCUT2D eigenvalue weighted by Crippen LogP contribution is 2.29. The van der Waals surface area contributed by atoms with E-state index in [9.17, 15) is 9.59 Å². The first-order valence-corrected chi connectivity index (χ1v) is 7.80. The van der Waals surface area contributed by atoms with E-state index in [0.29, 0.717) is 16.8 Å². The molecular formula is C15H12Br2N2O3. The predicted molar refractivity (Wildman–Crippen MR) is 90.7 cm³/mol. The van der Waals surface area contributed by atoms with Crippen molar-refractivity contribution in [3.8, 4) is 0 Å². The summed E-state index contributed by atoms with van der Waals surface area (Å²) in [5.41, 5.74) is 6.96. The van der Waals surface area contributed by atoms with Crippen molar-refractivity contribution in [2.24, 2.45) is 0 Å². The lowest BCUT2D eigenvalue weighted by Gasteiger charge is -2.12. The first-order valence-electron chi connectivity index (χ1n) is 6.21. The van der Waals surface area contributed by atoms with Crippen molar-refractivity contribution < 1.29 is 14.3 Å². The maximum absolute atomic E-state index is 12.1. The summed E-state index contributed by atoms with van der Waals surface area (Å²) in [4.78, 5) is 23.4. The largest absolute Gasteiger partial charge is 0.465 e. The minimum Gasteiger partial charge on any atom is -0.465 e.